The van der Waals surface area contributed by atoms with Crippen LogP contribution in [0.15, 0.2) is 18.2 Å². The smallest absolute Gasteiger partial charge is 0.253 e. The minimum absolute atomic E-state index is 0.0399. The molecule has 0 fully saturated rings. The minimum atomic E-state index is -2.53. The van der Waals surface area contributed by atoms with Gasteiger partial charge in [-0.25, -0.2) is 13.8 Å². The van der Waals surface area contributed by atoms with Crippen LogP contribution in [0.5, 0.6) is 0 Å². The molecule has 72 valence electrons. The highest BCUT2D eigenvalue weighted by molar-refractivity contribution is 6.29. The van der Waals surface area contributed by atoms with Crippen molar-refractivity contribution in [3.63, 3.8) is 0 Å². The third kappa shape index (κ3) is 3.24. The summed E-state index contributed by atoms with van der Waals surface area (Å²) in [4.78, 5) is 3.85. The van der Waals surface area contributed by atoms with Crippen LogP contribution in [0.1, 0.15) is 5.69 Å². The monoisotopic (exact) mass is 206 g/mol. The van der Waals surface area contributed by atoms with Crippen LogP contribution in [0.25, 0.3) is 0 Å². The summed E-state index contributed by atoms with van der Waals surface area (Å²) in [6.07, 6.45) is -2.49. The third-order valence-corrected chi connectivity index (χ3v) is 1.75. The molecule has 1 unspecified atom stereocenters. The van der Waals surface area contributed by atoms with E-state index in [0.717, 1.165) is 0 Å². The molecule has 0 amide bonds. The third-order valence-electron chi connectivity index (χ3n) is 1.54. The Kier molecular flexibility index (Phi) is 3.57. The average Bonchev–Trinajstić information content (AvgIpc) is 2.04. The van der Waals surface area contributed by atoms with Crippen molar-refractivity contribution in [2.24, 2.45) is 5.73 Å². The van der Waals surface area contributed by atoms with Gasteiger partial charge < -0.3 is 5.73 Å². The van der Waals surface area contributed by atoms with Gasteiger partial charge in [-0.3, -0.25) is 0 Å². The molecule has 0 radical (unpaired) electrons. The maximum absolute atomic E-state index is 12.0. The van der Waals surface area contributed by atoms with Crippen molar-refractivity contribution >= 4 is 11.6 Å². The Morgan fingerprint density at radius 3 is 2.69 bits per heavy atom. The molecule has 0 saturated heterocycles. The van der Waals surface area contributed by atoms with E-state index in [-0.39, 0.29) is 6.42 Å². The van der Waals surface area contributed by atoms with Gasteiger partial charge in [-0.2, -0.15) is 0 Å². The molecular weight excluding hydrogens is 198 g/mol. The summed E-state index contributed by atoms with van der Waals surface area (Å²) in [7, 11) is 0. The second-order valence-electron chi connectivity index (χ2n) is 2.65. The number of nitrogens with two attached hydrogens (primary N) is 1. The molecule has 0 aliphatic rings. The lowest BCUT2D eigenvalue weighted by molar-refractivity contribution is 0.115. The Labute approximate surface area is 79.7 Å². The lowest BCUT2D eigenvalue weighted by Gasteiger charge is -2.09. The number of alkyl halides is 2. The summed E-state index contributed by atoms with van der Waals surface area (Å²) in [5.74, 6) is 0. The van der Waals surface area contributed by atoms with Crippen molar-refractivity contribution in [1.82, 2.24) is 4.98 Å². The van der Waals surface area contributed by atoms with Gasteiger partial charge in [0.1, 0.15) is 5.15 Å². The molecule has 0 bridgehead atoms. The van der Waals surface area contributed by atoms with Gasteiger partial charge in [-0.1, -0.05) is 17.7 Å². The molecule has 1 heterocycles. The number of nitrogens with zero attached hydrogens (tertiary/aromatic N) is 1. The highest BCUT2D eigenvalue weighted by Crippen LogP contribution is 2.09. The fourth-order valence-corrected chi connectivity index (χ4v) is 1.08. The lowest BCUT2D eigenvalue weighted by Crippen LogP contribution is -2.31. The quantitative estimate of drug-likeness (QED) is 0.767. The van der Waals surface area contributed by atoms with E-state index in [1.165, 1.54) is 0 Å². The van der Waals surface area contributed by atoms with Gasteiger partial charge in [0.05, 0.1) is 6.04 Å². The van der Waals surface area contributed by atoms with E-state index in [0.29, 0.717) is 10.8 Å². The predicted octanol–water partition coefficient (Wildman–Crippen LogP) is 1.87. The lowest BCUT2D eigenvalue weighted by atomic mass is 10.1. The van der Waals surface area contributed by atoms with E-state index in [1.807, 2.05) is 0 Å². The average molecular weight is 207 g/mol. The number of rotatable bonds is 3. The predicted molar refractivity (Wildman–Crippen MR) is 46.9 cm³/mol. The summed E-state index contributed by atoms with van der Waals surface area (Å²) < 4.78 is 24.1. The Bertz CT molecular complexity index is 281. The Morgan fingerprint density at radius 2 is 2.15 bits per heavy atom. The van der Waals surface area contributed by atoms with Crippen molar-refractivity contribution in [1.29, 1.82) is 0 Å². The van der Waals surface area contributed by atoms with E-state index in [4.69, 9.17) is 17.3 Å². The zero-order valence-corrected chi connectivity index (χ0v) is 7.51. The van der Waals surface area contributed by atoms with Crippen LogP contribution in [0.4, 0.5) is 8.78 Å². The van der Waals surface area contributed by atoms with Crippen molar-refractivity contribution in [2.75, 3.05) is 0 Å². The van der Waals surface area contributed by atoms with Crippen LogP contribution in [0.3, 0.4) is 0 Å². The van der Waals surface area contributed by atoms with Gasteiger partial charge in [0.2, 0.25) is 0 Å². The second-order valence-corrected chi connectivity index (χ2v) is 3.04. The summed E-state index contributed by atoms with van der Waals surface area (Å²) in [6, 6.07) is 3.68. The molecule has 1 rings (SSSR count). The van der Waals surface area contributed by atoms with E-state index in [9.17, 15) is 8.78 Å². The molecule has 5 heteroatoms. The molecule has 1 aromatic rings. The molecule has 1 atom stereocenters. The number of aromatic nitrogens is 1. The standard InChI is InChI=1S/C8H9ClF2N2/c9-7-3-1-2-5(13-7)4-6(12)8(10)11/h1-3,6,8H,4,12H2. The van der Waals surface area contributed by atoms with E-state index < -0.39 is 12.5 Å². The highest BCUT2D eigenvalue weighted by atomic mass is 35.5. The summed E-state index contributed by atoms with van der Waals surface area (Å²) in [6.45, 7) is 0. The van der Waals surface area contributed by atoms with Gasteiger partial charge in [0.25, 0.3) is 6.43 Å². The zero-order chi connectivity index (χ0) is 9.84. The molecule has 1 aromatic heterocycles. The van der Waals surface area contributed by atoms with Crippen LogP contribution in [-0.4, -0.2) is 17.5 Å². The molecule has 0 aromatic carbocycles. The maximum Gasteiger partial charge on any atom is 0.253 e. The van der Waals surface area contributed by atoms with Crippen LogP contribution in [-0.2, 0) is 6.42 Å². The minimum Gasteiger partial charge on any atom is -0.323 e. The molecule has 0 saturated carbocycles. The van der Waals surface area contributed by atoms with Gasteiger partial charge in [-0.15, -0.1) is 0 Å². The first-order chi connectivity index (χ1) is 6.09. The largest absolute Gasteiger partial charge is 0.323 e. The SMILES string of the molecule is NC(Cc1cccc(Cl)n1)C(F)F. The second kappa shape index (κ2) is 4.48. The zero-order valence-electron chi connectivity index (χ0n) is 6.75. The highest BCUT2D eigenvalue weighted by Gasteiger charge is 2.15. The van der Waals surface area contributed by atoms with Gasteiger partial charge in [0, 0.05) is 12.1 Å². The van der Waals surface area contributed by atoms with Crippen LogP contribution >= 0.6 is 11.6 Å². The number of hydrogen-bond donors (Lipinski definition) is 1. The molecular formula is C8H9ClF2N2. The first-order valence-electron chi connectivity index (χ1n) is 3.75. The van der Waals surface area contributed by atoms with E-state index in [1.54, 1.807) is 18.2 Å². The maximum atomic E-state index is 12.0. The van der Waals surface area contributed by atoms with Crippen molar-refractivity contribution in [3.05, 3.63) is 29.0 Å². The normalized spacial score (nSPS) is 13.3. The summed E-state index contributed by atoms with van der Waals surface area (Å²) in [5.41, 5.74) is 5.65. The van der Waals surface area contributed by atoms with Crippen molar-refractivity contribution < 1.29 is 8.78 Å². The molecule has 0 spiro atoms. The summed E-state index contributed by atoms with van der Waals surface area (Å²) >= 11 is 5.57. The fraction of sp³-hybridized carbons (Fsp3) is 0.375. The molecule has 2 N–H and O–H groups in total. The van der Waals surface area contributed by atoms with Crippen LogP contribution in [0.2, 0.25) is 5.15 Å². The summed E-state index contributed by atoms with van der Waals surface area (Å²) in [5, 5.41) is 0.291. The van der Waals surface area contributed by atoms with Crippen molar-refractivity contribution in [2.45, 2.75) is 18.9 Å². The van der Waals surface area contributed by atoms with Crippen molar-refractivity contribution in [3.8, 4) is 0 Å². The topological polar surface area (TPSA) is 38.9 Å². The Hall–Kier alpha value is -0.740. The number of halogens is 3. The Balaban J connectivity index is 2.64. The first-order valence-corrected chi connectivity index (χ1v) is 4.12. The van der Waals surface area contributed by atoms with Crippen LogP contribution in [0, 0.1) is 0 Å². The molecule has 0 aliphatic carbocycles. The number of pyridine rings is 1. The van der Waals surface area contributed by atoms with Gasteiger partial charge in [0.15, 0.2) is 0 Å². The number of hydrogen-bond acceptors (Lipinski definition) is 2. The fourth-order valence-electron chi connectivity index (χ4n) is 0.895. The van der Waals surface area contributed by atoms with E-state index >= 15 is 0 Å². The molecule has 2 nitrogen and oxygen atoms in total. The first kappa shape index (κ1) is 10.3. The van der Waals surface area contributed by atoms with Crippen LogP contribution < -0.4 is 5.73 Å². The molecule has 0 aliphatic heterocycles. The van der Waals surface area contributed by atoms with Gasteiger partial charge in [-0.05, 0) is 12.1 Å². The van der Waals surface area contributed by atoms with E-state index in [2.05, 4.69) is 4.98 Å². The van der Waals surface area contributed by atoms with Gasteiger partial charge >= 0.3 is 0 Å². The molecule has 13 heavy (non-hydrogen) atoms. The Morgan fingerprint density at radius 1 is 1.46 bits per heavy atom.